The monoisotopic (exact) mass is 335 g/mol. The Kier molecular flexibility index (Phi) is 4.86. The summed E-state index contributed by atoms with van der Waals surface area (Å²) in [4.78, 5) is 13.3. The summed E-state index contributed by atoms with van der Waals surface area (Å²) in [7, 11) is 0. The molecule has 1 aromatic carbocycles. The number of hydrogen-bond donors (Lipinski definition) is 1. The molecule has 3 nitrogen and oxygen atoms in total. The lowest BCUT2D eigenvalue weighted by molar-refractivity contribution is -0.138. The molecule has 23 heavy (non-hydrogen) atoms. The molecule has 0 aromatic heterocycles. The van der Waals surface area contributed by atoms with Gasteiger partial charge in [0.1, 0.15) is 0 Å². The molecule has 4 heteroatoms. The van der Waals surface area contributed by atoms with Crippen LogP contribution in [0.4, 0.5) is 5.69 Å². The molecule has 0 bridgehead atoms. The van der Waals surface area contributed by atoms with Crippen molar-refractivity contribution >= 4 is 23.3 Å². The van der Waals surface area contributed by atoms with Gasteiger partial charge in [-0.2, -0.15) is 0 Å². The van der Waals surface area contributed by atoms with E-state index in [9.17, 15) is 4.79 Å². The fraction of sp³-hybridized carbons (Fsp3) is 0.632. The zero-order valence-electron chi connectivity index (χ0n) is 13.9. The van der Waals surface area contributed by atoms with Gasteiger partial charge in [-0.15, -0.1) is 0 Å². The minimum absolute atomic E-state index is 0.348. The van der Waals surface area contributed by atoms with Gasteiger partial charge in [0.05, 0.1) is 10.7 Å². The van der Waals surface area contributed by atoms with Crippen molar-refractivity contribution in [2.24, 2.45) is 11.3 Å². The quantitative estimate of drug-likeness (QED) is 0.854. The van der Waals surface area contributed by atoms with Crippen molar-refractivity contribution in [1.29, 1.82) is 0 Å². The molecule has 2 aliphatic rings. The van der Waals surface area contributed by atoms with Crippen LogP contribution in [0.25, 0.3) is 0 Å². The zero-order valence-corrected chi connectivity index (χ0v) is 14.6. The van der Waals surface area contributed by atoms with Gasteiger partial charge in [-0.25, -0.2) is 0 Å². The minimum atomic E-state index is -0.644. The normalized spacial score (nSPS) is 21.6. The summed E-state index contributed by atoms with van der Waals surface area (Å²) in [6.45, 7) is 4.23. The van der Waals surface area contributed by atoms with Gasteiger partial charge in [-0.1, -0.05) is 17.7 Å². The minimum Gasteiger partial charge on any atom is -0.481 e. The van der Waals surface area contributed by atoms with Crippen LogP contribution in [0.2, 0.25) is 5.02 Å². The van der Waals surface area contributed by atoms with Gasteiger partial charge in [0.25, 0.3) is 0 Å². The second-order valence-electron chi connectivity index (χ2n) is 7.48. The van der Waals surface area contributed by atoms with E-state index in [1.54, 1.807) is 0 Å². The van der Waals surface area contributed by atoms with Crippen LogP contribution < -0.4 is 4.90 Å². The van der Waals surface area contributed by atoms with Crippen LogP contribution >= 0.6 is 11.6 Å². The SMILES string of the molecule is Cc1ccc(Cl)c(N2CCC3(CCC(CC(=O)O)CC3)CC2)c1. The highest BCUT2D eigenvalue weighted by atomic mass is 35.5. The third-order valence-electron chi connectivity index (χ3n) is 5.90. The summed E-state index contributed by atoms with van der Waals surface area (Å²) in [6.07, 6.45) is 7.31. The van der Waals surface area contributed by atoms with Gasteiger partial charge in [0.2, 0.25) is 0 Å². The van der Waals surface area contributed by atoms with E-state index >= 15 is 0 Å². The Morgan fingerprint density at radius 3 is 2.52 bits per heavy atom. The highest BCUT2D eigenvalue weighted by molar-refractivity contribution is 6.33. The number of halogens is 1. The third-order valence-corrected chi connectivity index (χ3v) is 6.22. The van der Waals surface area contributed by atoms with Crippen LogP contribution in [-0.4, -0.2) is 24.2 Å². The molecular weight excluding hydrogens is 310 g/mol. The van der Waals surface area contributed by atoms with E-state index in [1.165, 1.54) is 36.9 Å². The molecule has 1 saturated carbocycles. The van der Waals surface area contributed by atoms with Crippen LogP contribution in [0.5, 0.6) is 0 Å². The molecule has 0 unspecified atom stereocenters. The van der Waals surface area contributed by atoms with Crippen molar-refractivity contribution in [3.05, 3.63) is 28.8 Å². The topological polar surface area (TPSA) is 40.5 Å². The van der Waals surface area contributed by atoms with E-state index < -0.39 is 5.97 Å². The second-order valence-corrected chi connectivity index (χ2v) is 7.89. The number of benzene rings is 1. The maximum Gasteiger partial charge on any atom is 0.303 e. The van der Waals surface area contributed by atoms with E-state index in [0.717, 1.165) is 31.0 Å². The molecule has 1 aromatic rings. The first-order chi connectivity index (χ1) is 11.0. The Labute approximate surface area is 143 Å². The molecule has 0 amide bonds. The van der Waals surface area contributed by atoms with Crippen molar-refractivity contribution in [3.8, 4) is 0 Å². The van der Waals surface area contributed by atoms with E-state index in [0.29, 0.717) is 17.8 Å². The number of anilines is 1. The summed E-state index contributed by atoms with van der Waals surface area (Å²) in [5.74, 6) is -0.253. The van der Waals surface area contributed by atoms with Crippen LogP contribution in [0.3, 0.4) is 0 Å². The Morgan fingerprint density at radius 2 is 1.91 bits per heavy atom. The number of hydrogen-bond acceptors (Lipinski definition) is 2. The number of piperidine rings is 1. The summed E-state index contributed by atoms with van der Waals surface area (Å²) >= 11 is 6.38. The van der Waals surface area contributed by atoms with Gasteiger partial charge < -0.3 is 10.0 Å². The fourth-order valence-corrected chi connectivity index (χ4v) is 4.57. The Hall–Kier alpha value is -1.22. The number of aryl methyl sites for hydroxylation is 1. The molecule has 1 saturated heterocycles. The summed E-state index contributed by atoms with van der Waals surface area (Å²) < 4.78 is 0. The Balaban J connectivity index is 1.58. The van der Waals surface area contributed by atoms with Crippen LogP contribution in [0.15, 0.2) is 18.2 Å². The zero-order chi connectivity index (χ0) is 16.4. The summed E-state index contributed by atoms with van der Waals surface area (Å²) in [6, 6.07) is 6.23. The molecule has 0 atom stereocenters. The molecule has 1 aliphatic carbocycles. The van der Waals surface area contributed by atoms with Crippen molar-refractivity contribution in [3.63, 3.8) is 0 Å². The number of carbonyl (C=O) groups is 1. The van der Waals surface area contributed by atoms with Crippen molar-refractivity contribution in [2.45, 2.75) is 51.9 Å². The van der Waals surface area contributed by atoms with E-state index in [4.69, 9.17) is 16.7 Å². The smallest absolute Gasteiger partial charge is 0.303 e. The van der Waals surface area contributed by atoms with Gasteiger partial charge in [0, 0.05) is 19.5 Å². The van der Waals surface area contributed by atoms with E-state index in [2.05, 4.69) is 24.0 Å². The molecular formula is C19H26ClNO2. The standard InChI is InChI=1S/C19H26ClNO2/c1-14-2-3-16(20)17(12-14)21-10-8-19(9-11-21)6-4-15(5-7-19)13-18(22)23/h2-3,12,15H,4-11,13H2,1H3,(H,22,23). The first-order valence-electron chi connectivity index (χ1n) is 8.70. The van der Waals surface area contributed by atoms with Crippen LogP contribution in [-0.2, 0) is 4.79 Å². The number of carboxylic acid groups (broad SMARTS) is 1. The molecule has 2 fully saturated rings. The lowest BCUT2D eigenvalue weighted by Crippen LogP contribution is -2.42. The number of nitrogens with zero attached hydrogens (tertiary/aromatic N) is 1. The average Bonchev–Trinajstić information content (AvgIpc) is 2.53. The molecule has 126 valence electrons. The van der Waals surface area contributed by atoms with Gasteiger partial charge >= 0.3 is 5.97 Å². The predicted molar refractivity (Wildman–Crippen MR) is 94.3 cm³/mol. The first kappa shape index (κ1) is 16.6. The highest BCUT2D eigenvalue weighted by Gasteiger charge is 2.38. The van der Waals surface area contributed by atoms with Crippen molar-refractivity contribution in [1.82, 2.24) is 0 Å². The van der Waals surface area contributed by atoms with E-state index in [1.807, 2.05) is 6.07 Å². The third kappa shape index (κ3) is 3.82. The van der Waals surface area contributed by atoms with Crippen LogP contribution in [0, 0.1) is 18.3 Å². The molecule has 1 heterocycles. The largest absolute Gasteiger partial charge is 0.481 e. The first-order valence-corrected chi connectivity index (χ1v) is 9.08. The second kappa shape index (κ2) is 6.72. The molecule has 1 N–H and O–H groups in total. The van der Waals surface area contributed by atoms with Crippen LogP contribution in [0.1, 0.15) is 50.5 Å². The number of rotatable bonds is 3. The molecule has 1 aliphatic heterocycles. The number of aliphatic carboxylic acids is 1. The Morgan fingerprint density at radius 1 is 1.26 bits per heavy atom. The van der Waals surface area contributed by atoms with Gasteiger partial charge in [0.15, 0.2) is 0 Å². The average molecular weight is 336 g/mol. The number of carboxylic acids is 1. The summed E-state index contributed by atoms with van der Waals surface area (Å²) in [5, 5.41) is 9.80. The lowest BCUT2D eigenvalue weighted by Gasteiger charge is -2.46. The van der Waals surface area contributed by atoms with E-state index in [-0.39, 0.29) is 0 Å². The van der Waals surface area contributed by atoms with Crippen molar-refractivity contribution in [2.75, 3.05) is 18.0 Å². The lowest BCUT2D eigenvalue weighted by atomic mass is 9.65. The fourth-order valence-electron chi connectivity index (χ4n) is 4.33. The Bertz CT molecular complexity index is 569. The maximum absolute atomic E-state index is 10.9. The van der Waals surface area contributed by atoms with Gasteiger partial charge in [-0.3, -0.25) is 4.79 Å². The predicted octanol–water partition coefficient (Wildman–Crippen LogP) is 4.90. The summed E-state index contributed by atoms with van der Waals surface area (Å²) in [5.41, 5.74) is 2.86. The highest BCUT2D eigenvalue weighted by Crippen LogP contribution is 2.47. The molecule has 0 radical (unpaired) electrons. The molecule has 1 spiro atoms. The van der Waals surface area contributed by atoms with Gasteiger partial charge in [-0.05, 0) is 74.5 Å². The molecule has 3 rings (SSSR count). The maximum atomic E-state index is 10.9. The van der Waals surface area contributed by atoms with Crippen molar-refractivity contribution < 1.29 is 9.90 Å².